The molecule has 0 saturated heterocycles. The van der Waals surface area contributed by atoms with Crippen molar-refractivity contribution in [3.63, 3.8) is 0 Å². The summed E-state index contributed by atoms with van der Waals surface area (Å²) in [6, 6.07) is 16.8. The molecule has 2 aromatic carbocycles. The molecule has 33 heavy (non-hydrogen) atoms. The van der Waals surface area contributed by atoms with Gasteiger partial charge in [-0.25, -0.2) is 9.59 Å². The Kier molecular flexibility index (Phi) is 7.05. The summed E-state index contributed by atoms with van der Waals surface area (Å²) in [7, 11) is 0. The van der Waals surface area contributed by atoms with Gasteiger partial charge in [-0.15, -0.1) is 0 Å². The van der Waals surface area contributed by atoms with Gasteiger partial charge in [0.2, 0.25) is 0 Å². The first-order valence-electron chi connectivity index (χ1n) is 9.99. The number of carbonyl (C=O) groups is 2. The summed E-state index contributed by atoms with van der Waals surface area (Å²) >= 11 is 0. The number of esters is 1. The summed E-state index contributed by atoms with van der Waals surface area (Å²) in [6.45, 7) is 1.07. The van der Waals surface area contributed by atoms with Gasteiger partial charge >= 0.3 is 11.7 Å². The third kappa shape index (κ3) is 5.16. The normalized spacial score (nSPS) is 10.3. The van der Waals surface area contributed by atoms with Gasteiger partial charge in [0.15, 0.2) is 12.3 Å². The molecular formula is C23H21N5O5. The van der Waals surface area contributed by atoms with Crippen molar-refractivity contribution in [2.24, 2.45) is 0 Å². The molecule has 0 radical (unpaired) electrons. The summed E-state index contributed by atoms with van der Waals surface area (Å²) in [6.07, 6.45) is 0. The van der Waals surface area contributed by atoms with Crippen LogP contribution in [-0.2, 0) is 16.1 Å². The van der Waals surface area contributed by atoms with Gasteiger partial charge in [0.05, 0.1) is 23.7 Å². The number of anilines is 2. The third-order valence-electron chi connectivity index (χ3n) is 4.84. The number of nitrogen functional groups attached to an aromatic ring is 1. The molecule has 3 rings (SSSR count). The van der Waals surface area contributed by atoms with E-state index in [-0.39, 0.29) is 35.7 Å². The van der Waals surface area contributed by atoms with Crippen LogP contribution in [0.3, 0.4) is 0 Å². The smallest absolute Gasteiger partial charge is 0.338 e. The van der Waals surface area contributed by atoms with Crippen molar-refractivity contribution < 1.29 is 14.3 Å². The Morgan fingerprint density at radius 1 is 1.15 bits per heavy atom. The van der Waals surface area contributed by atoms with Gasteiger partial charge in [0.25, 0.3) is 11.5 Å². The van der Waals surface area contributed by atoms with Crippen LogP contribution in [0.5, 0.6) is 0 Å². The highest BCUT2D eigenvalue weighted by molar-refractivity contribution is 5.98. The van der Waals surface area contributed by atoms with Crippen LogP contribution >= 0.6 is 0 Å². The minimum atomic E-state index is -0.829. The SMILES string of the molecule is CCN(C(=O)COC(=O)c1cccc(C#N)c1)c1c(N)n(Cc2ccccc2)c(=O)[nH]c1=O. The maximum Gasteiger partial charge on any atom is 0.338 e. The second-order valence-electron chi connectivity index (χ2n) is 6.97. The van der Waals surface area contributed by atoms with Gasteiger partial charge in [-0.3, -0.25) is 19.1 Å². The van der Waals surface area contributed by atoms with E-state index >= 15 is 0 Å². The quantitative estimate of drug-likeness (QED) is 0.517. The first kappa shape index (κ1) is 23.0. The maximum absolute atomic E-state index is 12.8. The molecule has 10 heteroatoms. The monoisotopic (exact) mass is 447 g/mol. The zero-order valence-corrected chi connectivity index (χ0v) is 17.8. The number of likely N-dealkylation sites (N-methyl/N-ethyl adjacent to an activating group) is 1. The molecule has 0 atom stereocenters. The molecule has 0 bridgehead atoms. The van der Waals surface area contributed by atoms with Crippen molar-refractivity contribution in [3.8, 4) is 6.07 Å². The highest BCUT2D eigenvalue weighted by Crippen LogP contribution is 2.18. The maximum atomic E-state index is 12.8. The Labute approximate surface area is 188 Å². The van der Waals surface area contributed by atoms with Crippen LogP contribution in [0, 0.1) is 11.3 Å². The van der Waals surface area contributed by atoms with E-state index in [0.717, 1.165) is 15.0 Å². The number of hydrogen-bond acceptors (Lipinski definition) is 7. The summed E-state index contributed by atoms with van der Waals surface area (Å²) in [5, 5.41) is 8.95. The van der Waals surface area contributed by atoms with E-state index in [4.69, 9.17) is 15.7 Å². The Morgan fingerprint density at radius 3 is 2.55 bits per heavy atom. The molecular weight excluding hydrogens is 426 g/mol. The lowest BCUT2D eigenvalue weighted by Crippen LogP contribution is -2.42. The average Bonchev–Trinajstić information content (AvgIpc) is 2.83. The number of nitriles is 1. The van der Waals surface area contributed by atoms with E-state index in [0.29, 0.717) is 0 Å². The topological polar surface area (TPSA) is 151 Å². The number of aromatic nitrogens is 2. The number of nitrogens with zero attached hydrogens (tertiary/aromatic N) is 3. The number of aromatic amines is 1. The summed E-state index contributed by atoms with van der Waals surface area (Å²) in [4.78, 5) is 53.2. The van der Waals surface area contributed by atoms with Crippen LogP contribution < -0.4 is 21.9 Å². The predicted molar refractivity (Wildman–Crippen MR) is 121 cm³/mol. The molecule has 0 saturated carbocycles. The van der Waals surface area contributed by atoms with Crippen molar-refractivity contribution in [1.82, 2.24) is 9.55 Å². The summed E-state index contributed by atoms with van der Waals surface area (Å²) < 4.78 is 6.22. The molecule has 1 aromatic heterocycles. The van der Waals surface area contributed by atoms with Gasteiger partial charge < -0.3 is 15.4 Å². The largest absolute Gasteiger partial charge is 0.452 e. The number of nitrogens with one attached hydrogen (secondary N) is 1. The van der Waals surface area contributed by atoms with Crippen LogP contribution in [0.15, 0.2) is 64.2 Å². The number of amides is 1. The first-order valence-corrected chi connectivity index (χ1v) is 9.99. The van der Waals surface area contributed by atoms with Crippen molar-refractivity contribution in [2.75, 3.05) is 23.8 Å². The molecule has 0 spiro atoms. The molecule has 1 amide bonds. The van der Waals surface area contributed by atoms with Crippen molar-refractivity contribution in [1.29, 1.82) is 5.26 Å². The second kappa shape index (κ2) is 10.1. The fourth-order valence-corrected chi connectivity index (χ4v) is 3.22. The van der Waals surface area contributed by atoms with E-state index in [9.17, 15) is 19.2 Å². The molecule has 168 valence electrons. The lowest BCUT2D eigenvalue weighted by molar-refractivity contribution is -0.121. The minimum Gasteiger partial charge on any atom is -0.452 e. The molecule has 10 nitrogen and oxygen atoms in total. The molecule has 3 N–H and O–H groups in total. The molecule has 0 aliphatic heterocycles. The number of benzene rings is 2. The van der Waals surface area contributed by atoms with Gasteiger partial charge in [0.1, 0.15) is 5.82 Å². The number of nitrogens with two attached hydrogens (primary N) is 1. The van der Waals surface area contributed by atoms with Crippen molar-refractivity contribution in [3.05, 3.63) is 92.1 Å². The van der Waals surface area contributed by atoms with E-state index < -0.39 is 29.7 Å². The van der Waals surface area contributed by atoms with E-state index in [1.54, 1.807) is 31.2 Å². The summed E-state index contributed by atoms with van der Waals surface area (Å²) in [5.74, 6) is -1.69. The van der Waals surface area contributed by atoms with Gasteiger partial charge in [-0.2, -0.15) is 5.26 Å². The van der Waals surface area contributed by atoms with Crippen LogP contribution in [-0.4, -0.2) is 34.6 Å². The van der Waals surface area contributed by atoms with Gasteiger partial charge in [-0.1, -0.05) is 36.4 Å². The Morgan fingerprint density at radius 2 is 1.88 bits per heavy atom. The van der Waals surface area contributed by atoms with Crippen molar-refractivity contribution >= 4 is 23.4 Å². The number of carbonyl (C=O) groups excluding carboxylic acids is 2. The Hall–Kier alpha value is -4.65. The zero-order valence-electron chi connectivity index (χ0n) is 17.8. The van der Waals surface area contributed by atoms with E-state index in [1.807, 2.05) is 12.1 Å². The first-order chi connectivity index (χ1) is 15.8. The van der Waals surface area contributed by atoms with Crippen LogP contribution in [0.25, 0.3) is 0 Å². The zero-order chi connectivity index (χ0) is 24.0. The lowest BCUT2D eigenvalue weighted by atomic mass is 10.1. The molecule has 0 aliphatic carbocycles. The molecule has 3 aromatic rings. The van der Waals surface area contributed by atoms with Crippen molar-refractivity contribution in [2.45, 2.75) is 13.5 Å². The Balaban J connectivity index is 1.84. The van der Waals surface area contributed by atoms with E-state index in [2.05, 4.69) is 4.98 Å². The number of rotatable bonds is 7. The molecule has 1 heterocycles. The standard InChI is InChI=1S/C23H21N5O5/c1-2-27(18(29)14-33-22(31)17-10-6-9-16(11-17)12-24)19-20(25)28(23(32)26-21(19)30)13-15-7-4-3-5-8-15/h3-11H,2,13-14,25H2,1H3,(H,26,30,32). The van der Waals surface area contributed by atoms with Crippen LogP contribution in [0.4, 0.5) is 11.5 Å². The lowest BCUT2D eigenvalue weighted by Gasteiger charge is -2.23. The van der Waals surface area contributed by atoms with Gasteiger partial charge in [-0.05, 0) is 30.7 Å². The molecule has 0 unspecified atom stereocenters. The molecule has 0 fully saturated rings. The third-order valence-corrected chi connectivity index (χ3v) is 4.84. The van der Waals surface area contributed by atoms with Crippen LogP contribution in [0.2, 0.25) is 0 Å². The minimum absolute atomic E-state index is 0.0388. The fraction of sp³-hybridized carbons (Fsp3) is 0.174. The number of hydrogen-bond donors (Lipinski definition) is 2. The highest BCUT2D eigenvalue weighted by Gasteiger charge is 2.24. The molecule has 0 aliphatic rings. The number of ether oxygens (including phenoxy) is 1. The van der Waals surface area contributed by atoms with Gasteiger partial charge in [0, 0.05) is 6.54 Å². The second-order valence-corrected chi connectivity index (χ2v) is 6.97. The van der Waals surface area contributed by atoms with Crippen LogP contribution in [0.1, 0.15) is 28.4 Å². The highest BCUT2D eigenvalue weighted by atomic mass is 16.5. The predicted octanol–water partition coefficient (Wildman–Crippen LogP) is 1.25. The number of H-pyrrole nitrogens is 1. The fourth-order valence-electron chi connectivity index (χ4n) is 3.22. The summed E-state index contributed by atoms with van der Waals surface area (Å²) in [5.41, 5.74) is 5.54. The Bertz CT molecular complexity index is 1340. The van der Waals surface area contributed by atoms with E-state index in [1.165, 1.54) is 24.3 Å². The average molecular weight is 447 g/mol.